The van der Waals surface area contributed by atoms with E-state index in [9.17, 15) is 4.39 Å². The van der Waals surface area contributed by atoms with Gasteiger partial charge >= 0.3 is 0 Å². The van der Waals surface area contributed by atoms with E-state index in [4.69, 9.17) is 4.52 Å². The number of nitrogens with one attached hydrogen (secondary N) is 1. The van der Waals surface area contributed by atoms with Crippen LogP contribution in [0.5, 0.6) is 0 Å². The number of halogens is 1. The highest BCUT2D eigenvalue weighted by atomic mass is 19.1. The summed E-state index contributed by atoms with van der Waals surface area (Å²) in [6, 6.07) is 14.3. The second kappa shape index (κ2) is 5.75. The Hall–Kier alpha value is -2.69. The molecule has 5 heteroatoms. The summed E-state index contributed by atoms with van der Waals surface area (Å²) in [4.78, 5) is 4.19. The first-order valence-corrected chi connectivity index (χ1v) is 6.60. The molecule has 0 aliphatic heterocycles. The van der Waals surface area contributed by atoms with E-state index in [-0.39, 0.29) is 11.7 Å². The number of aromatic nitrogens is 2. The van der Waals surface area contributed by atoms with Crippen LogP contribution in [0.4, 0.5) is 10.1 Å². The fourth-order valence-electron chi connectivity index (χ4n) is 1.92. The van der Waals surface area contributed by atoms with E-state index >= 15 is 0 Å². The summed E-state index contributed by atoms with van der Waals surface area (Å²) in [7, 11) is 0. The molecular weight excluding hydrogens is 269 g/mol. The molecule has 1 N–H and O–H groups in total. The van der Waals surface area contributed by atoms with E-state index in [1.54, 1.807) is 18.2 Å². The Morgan fingerprint density at radius 2 is 1.86 bits per heavy atom. The van der Waals surface area contributed by atoms with Crippen LogP contribution in [0.1, 0.15) is 11.4 Å². The Labute approximate surface area is 121 Å². The lowest BCUT2D eigenvalue weighted by atomic mass is 10.2. The van der Waals surface area contributed by atoms with Crippen molar-refractivity contribution < 1.29 is 8.91 Å². The summed E-state index contributed by atoms with van der Waals surface area (Å²) in [5.74, 6) is 0.293. The van der Waals surface area contributed by atoms with Crippen LogP contribution in [-0.2, 0) is 6.54 Å². The topological polar surface area (TPSA) is 51.0 Å². The van der Waals surface area contributed by atoms with Crippen molar-refractivity contribution in [3.63, 3.8) is 0 Å². The smallest absolute Gasteiger partial charge is 0.260 e. The molecule has 0 unspecified atom stereocenters. The maximum atomic E-state index is 13.6. The van der Waals surface area contributed by atoms with E-state index in [1.165, 1.54) is 11.6 Å². The highest BCUT2D eigenvalue weighted by Gasteiger charge is 2.12. The number of hydrogen-bond acceptors (Lipinski definition) is 4. The number of aryl methyl sites for hydroxylation is 1. The zero-order valence-corrected chi connectivity index (χ0v) is 11.5. The van der Waals surface area contributed by atoms with Crippen molar-refractivity contribution in [2.45, 2.75) is 13.5 Å². The Morgan fingerprint density at radius 1 is 1.10 bits per heavy atom. The van der Waals surface area contributed by atoms with Gasteiger partial charge in [0.25, 0.3) is 5.89 Å². The fourth-order valence-corrected chi connectivity index (χ4v) is 1.92. The highest BCUT2D eigenvalue weighted by molar-refractivity contribution is 5.53. The molecule has 0 amide bonds. The van der Waals surface area contributed by atoms with Crippen molar-refractivity contribution in [3.05, 3.63) is 65.7 Å². The molecule has 0 spiro atoms. The summed E-state index contributed by atoms with van der Waals surface area (Å²) in [5, 5.41) is 7.04. The number of hydrogen-bond donors (Lipinski definition) is 1. The molecule has 0 radical (unpaired) electrons. The van der Waals surface area contributed by atoms with Crippen LogP contribution in [-0.4, -0.2) is 10.1 Å². The summed E-state index contributed by atoms with van der Waals surface area (Å²) in [6.07, 6.45) is 0. The summed E-state index contributed by atoms with van der Waals surface area (Å²) >= 11 is 0. The van der Waals surface area contributed by atoms with Crippen LogP contribution in [0.15, 0.2) is 53.1 Å². The SMILES string of the molecule is Cc1ccc(NCc2noc(-c3ccccc3F)n2)cc1. The van der Waals surface area contributed by atoms with Gasteiger partial charge in [-0.1, -0.05) is 35.0 Å². The van der Waals surface area contributed by atoms with Crippen LogP contribution < -0.4 is 5.32 Å². The van der Waals surface area contributed by atoms with Gasteiger partial charge < -0.3 is 9.84 Å². The minimum atomic E-state index is -0.376. The average molecular weight is 283 g/mol. The third-order valence-corrected chi connectivity index (χ3v) is 3.07. The van der Waals surface area contributed by atoms with Crippen LogP contribution in [0.2, 0.25) is 0 Å². The molecule has 1 heterocycles. The largest absolute Gasteiger partial charge is 0.378 e. The van der Waals surface area contributed by atoms with Crippen molar-refractivity contribution in [1.29, 1.82) is 0 Å². The van der Waals surface area contributed by atoms with Gasteiger partial charge in [0.2, 0.25) is 0 Å². The summed E-state index contributed by atoms with van der Waals surface area (Å²) in [5.41, 5.74) is 2.48. The molecule has 0 fully saturated rings. The van der Waals surface area contributed by atoms with Gasteiger partial charge in [0.15, 0.2) is 5.82 Å². The van der Waals surface area contributed by atoms with Gasteiger partial charge in [0.1, 0.15) is 5.82 Å². The van der Waals surface area contributed by atoms with E-state index in [2.05, 4.69) is 15.5 Å². The molecule has 3 aromatic rings. The minimum Gasteiger partial charge on any atom is -0.378 e. The van der Waals surface area contributed by atoms with Crippen LogP contribution in [0, 0.1) is 12.7 Å². The lowest BCUT2D eigenvalue weighted by molar-refractivity contribution is 0.421. The molecule has 106 valence electrons. The average Bonchev–Trinajstić information content (AvgIpc) is 2.96. The van der Waals surface area contributed by atoms with Gasteiger partial charge in [-0.25, -0.2) is 4.39 Å². The van der Waals surface area contributed by atoms with Gasteiger partial charge in [-0.3, -0.25) is 0 Å². The first kappa shape index (κ1) is 13.3. The second-order valence-corrected chi connectivity index (χ2v) is 4.72. The van der Waals surface area contributed by atoms with Crippen molar-refractivity contribution >= 4 is 5.69 Å². The molecule has 3 rings (SSSR count). The molecule has 0 saturated heterocycles. The molecule has 4 nitrogen and oxygen atoms in total. The number of nitrogens with zero attached hydrogens (tertiary/aromatic N) is 2. The second-order valence-electron chi connectivity index (χ2n) is 4.72. The Bertz CT molecular complexity index is 737. The molecule has 0 aliphatic carbocycles. The van der Waals surface area contributed by atoms with Crippen molar-refractivity contribution in [3.8, 4) is 11.5 Å². The van der Waals surface area contributed by atoms with Gasteiger partial charge in [-0.15, -0.1) is 0 Å². The summed E-state index contributed by atoms with van der Waals surface area (Å²) < 4.78 is 18.7. The quantitative estimate of drug-likeness (QED) is 0.791. The summed E-state index contributed by atoms with van der Waals surface area (Å²) in [6.45, 7) is 2.45. The first-order valence-electron chi connectivity index (χ1n) is 6.60. The third-order valence-electron chi connectivity index (χ3n) is 3.07. The molecular formula is C16H14FN3O. The Kier molecular flexibility index (Phi) is 3.64. The maximum Gasteiger partial charge on any atom is 0.260 e. The lowest BCUT2D eigenvalue weighted by Gasteiger charge is -2.03. The molecule has 21 heavy (non-hydrogen) atoms. The molecule has 0 atom stereocenters. The third kappa shape index (κ3) is 3.08. The van der Waals surface area contributed by atoms with Crippen molar-refractivity contribution in [2.24, 2.45) is 0 Å². The standard InChI is InChI=1S/C16H14FN3O/c1-11-6-8-12(9-7-11)18-10-15-19-16(21-20-15)13-4-2-3-5-14(13)17/h2-9,18H,10H2,1H3. The van der Waals surface area contributed by atoms with Gasteiger partial charge in [0, 0.05) is 5.69 Å². The van der Waals surface area contributed by atoms with Crippen LogP contribution in [0.3, 0.4) is 0 Å². The Balaban J connectivity index is 1.71. The normalized spacial score (nSPS) is 10.6. The van der Waals surface area contributed by atoms with Crippen molar-refractivity contribution in [2.75, 3.05) is 5.32 Å². The van der Waals surface area contributed by atoms with E-state index in [0.29, 0.717) is 17.9 Å². The van der Waals surface area contributed by atoms with Crippen LogP contribution in [0.25, 0.3) is 11.5 Å². The fraction of sp³-hybridized carbons (Fsp3) is 0.125. The molecule has 2 aromatic carbocycles. The minimum absolute atomic E-state index is 0.189. The molecule has 0 aliphatic rings. The zero-order valence-electron chi connectivity index (χ0n) is 11.5. The predicted molar refractivity (Wildman–Crippen MR) is 78.2 cm³/mol. The Morgan fingerprint density at radius 3 is 2.62 bits per heavy atom. The van der Waals surface area contributed by atoms with Crippen LogP contribution >= 0.6 is 0 Å². The highest BCUT2D eigenvalue weighted by Crippen LogP contribution is 2.20. The van der Waals surface area contributed by atoms with E-state index < -0.39 is 0 Å². The van der Waals surface area contributed by atoms with Gasteiger partial charge in [-0.2, -0.15) is 4.98 Å². The van der Waals surface area contributed by atoms with E-state index in [0.717, 1.165) is 5.69 Å². The van der Waals surface area contributed by atoms with Crippen molar-refractivity contribution in [1.82, 2.24) is 10.1 Å². The number of benzene rings is 2. The first-order chi connectivity index (χ1) is 10.2. The monoisotopic (exact) mass is 283 g/mol. The lowest BCUT2D eigenvalue weighted by Crippen LogP contribution is -2.01. The molecule has 0 saturated carbocycles. The zero-order chi connectivity index (χ0) is 14.7. The van der Waals surface area contributed by atoms with E-state index in [1.807, 2.05) is 31.2 Å². The van der Waals surface area contributed by atoms with Gasteiger partial charge in [-0.05, 0) is 31.2 Å². The molecule has 0 bridgehead atoms. The van der Waals surface area contributed by atoms with Gasteiger partial charge in [0.05, 0.1) is 12.1 Å². The number of anilines is 1. The number of rotatable bonds is 4. The predicted octanol–water partition coefficient (Wildman–Crippen LogP) is 3.80. The maximum absolute atomic E-state index is 13.6. The molecule has 1 aromatic heterocycles.